The van der Waals surface area contributed by atoms with Crippen LogP contribution in [-0.4, -0.2) is 18.2 Å². The molecular formula is C16H15BrO3. The lowest BCUT2D eigenvalue weighted by Gasteiger charge is -2.14. The van der Waals surface area contributed by atoms with Gasteiger partial charge in [0.2, 0.25) is 0 Å². The van der Waals surface area contributed by atoms with Crippen molar-refractivity contribution in [2.24, 2.45) is 0 Å². The maximum absolute atomic E-state index is 11.2. The molecule has 3 nitrogen and oxygen atoms in total. The molecule has 0 spiro atoms. The number of carbonyl (C=O) groups is 1. The van der Waals surface area contributed by atoms with Gasteiger partial charge in [0.25, 0.3) is 0 Å². The zero-order chi connectivity index (χ0) is 14.9. The number of aromatic carboxylic acids is 1. The van der Waals surface area contributed by atoms with E-state index < -0.39 is 5.97 Å². The maximum atomic E-state index is 11.2. The number of halogens is 1. The van der Waals surface area contributed by atoms with Crippen molar-refractivity contribution in [3.63, 3.8) is 0 Å². The fraction of sp³-hybridized carbons (Fsp3) is 0.188. The molecule has 1 N–H and O–H groups in total. The zero-order valence-electron chi connectivity index (χ0n) is 11.5. The average molecular weight is 335 g/mol. The third kappa shape index (κ3) is 2.70. The van der Waals surface area contributed by atoms with Crippen LogP contribution < -0.4 is 4.74 Å². The Morgan fingerprint density at radius 1 is 1.20 bits per heavy atom. The smallest absolute Gasteiger partial charge is 0.336 e. The van der Waals surface area contributed by atoms with Crippen LogP contribution in [0, 0.1) is 13.8 Å². The molecule has 0 fully saturated rings. The number of carboxylic acid groups (broad SMARTS) is 1. The van der Waals surface area contributed by atoms with E-state index in [2.05, 4.69) is 22.0 Å². The van der Waals surface area contributed by atoms with Crippen molar-refractivity contribution in [1.82, 2.24) is 0 Å². The molecule has 104 valence electrons. The molecule has 0 aliphatic rings. The van der Waals surface area contributed by atoms with Gasteiger partial charge in [0.15, 0.2) is 0 Å². The molecule has 0 aliphatic carbocycles. The Labute approximate surface area is 126 Å². The van der Waals surface area contributed by atoms with Crippen molar-refractivity contribution in [3.05, 3.63) is 51.5 Å². The van der Waals surface area contributed by atoms with E-state index in [0.29, 0.717) is 4.47 Å². The van der Waals surface area contributed by atoms with Gasteiger partial charge in [-0.2, -0.15) is 0 Å². The molecule has 0 amide bonds. The Hall–Kier alpha value is -1.81. The van der Waals surface area contributed by atoms with Crippen LogP contribution in [0.4, 0.5) is 0 Å². The van der Waals surface area contributed by atoms with Gasteiger partial charge in [0.05, 0.1) is 12.7 Å². The van der Waals surface area contributed by atoms with E-state index in [4.69, 9.17) is 4.74 Å². The highest BCUT2D eigenvalue weighted by molar-refractivity contribution is 9.10. The van der Waals surface area contributed by atoms with Crippen molar-refractivity contribution in [1.29, 1.82) is 0 Å². The summed E-state index contributed by atoms with van der Waals surface area (Å²) in [6.07, 6.45) is 0. The molecule has 2 aromatic carbocycles. The summed E-state index contributed by atoms with van der Waals surface area (Å²) in [5.74, 6) is -0.205. The van der Waals surface area contributed by atoms with Gasteiger partial charge < -0.3 is 9.84 Å². The first-order chi connectivity index (χ1) is 9.43. The van der Waals surface area contributed by atoms with Gasteiger partial charge in [-0.05, 0) is 64.7 Å². The summed E-state index contributed by atoms with van der Waals surface area (Å²) >= 11 is 3.26. The van der Waals surface area contributed by atoms with E-state index in [1.165, 1.54) is 0 Å². The van der Waals surface area contributed by atoms with Crippen LogP contribution in [0.5, 0.6) is 5.75 Å². The van der Waals surface area contributed by atoms with E-state index >= 15 is 0 Å². The van der Waals surface area contributed by atoms with Crippen molar-refractivity contribution in [2.75, 3.05) is 7.11 Å². The van der Waals surface area contributed by atoms with Crippen molar-refractivity contribution in [3.8, 4) is 16.9 Å². The average Bonchev–Trinajstić information content (AvgIpc) is 2.38. The molecule has 2 rings (SSSR count). The molecule has 4 heteroatoms. The highest BCUT2D eigenvalue weighted by Crippen LogP contribution is 2.36. The zero-order valence-corrected chi connectivity index (χ0v) is 13.1. The highest BCUT2D eigenvalue weighted by Gasteiger charge is 2.14. The molecule has 0 aromatic heterocycles. The standard InChI is InChI=1S/C16H15BrO3/c1-9-6-10(2)15(14(7-9)20-3)11-4-5-13(17)12(8-11)16(18)19/h4-8H,1-3H3,(H,18,19). The summed E-state index contributed by atoms with van der Waals surface area (Å²) in [4.78, 5) is 11.2. The van der Waals surface area contributed by atoms with E-state index in [0.717, 1.165) is 28.0 Å². The van der Waals surface area contributed by atoms with Gasteiger partial charge in [0, 0.05) is 10.0 Å². The number of aryl methyl sites for hydroxylation is 2. The summed E-state index contributed by atoms with van der Waals surface area (Å²) in [5, 5.41) is 9.22. The normalized spacial score (nSPS) is 10.4. The van der Waals surface area contributed by atoms with Crippen LogP contribution >= 0.6 is 15.9 Å². The maximum Gasteiger partial charge on any atom is 0.336 e. The molecule has 0 unspecified atom stereocenters. The van der Waals surface area contributed by atoms with E-state index in [9.17, 15) is 9.90 Å². The fourth-order valence-corrected chi connectivity index (χ4v) is 2.72. The number of benzene rings is 2. The van der Waals surface area contributed by atoms with Crippen LogP contribution in [0.25, 0.3) is 11.1 Å². The number of hydrogen-bond donors (Lipinski definition) is 1. The van der Waals surface area contributed by atoms with E-state index in [1.807, 2.05) is 26.0 Å². The van der Waals surface area contributed by atoms with Gasteiger partial charge in [0.1, 0.15) is 5.75 Å². The predicted octanol–water partition coefficient (Wildman–Crippen LogP) is 4.44. The van der Waals surface area contributed by atoms with Gasteiger partial charge in [-0.1, -0.05) is 12.1 Å². The predicted molar refractivity (Wildman–Crippen MR) is 82.6 cm³/mol. The van der Waals surface area contributed by atoms with Crippen LogP contribution in [0.2, 0.25) is 0 Å². The lowest BCUT2D eigenvalue weighted by molar-refractivity contribution is 0.0696. The number of hydrogen-bond acceptors (Lipinski definition) is 2. The first kappa shape index (κ1) is 14.6. The van der Waals surface area contributed by atoms with Crippen molar-refractivity contribution in [2.45, 2.75) is 13.8 Å². The first-order valence-electron chi connectivity index (χ1n) is 6.12. The molecular weight excluding hydrogens is 320 g/mol. The van der Waals surface area contributed by atoms with E-state index in [1.54, 1.807) is 19.2 Å². The van der Waals surface area contributed by atoms with Gasteiger partial charge in [-0.15, -0.1) is 0 Å². The topological polar surface area (TPSA) is 46.5 Å². The molecule has 0 saturated heterocycles. The summed E-state index contributed by atoms with van der Waals surface area (Å²) in [6.45, 7) is 4.00. The molecule has 0 atom stereocenters. The second-order valence-corrected chi connectivity index (χ2v) is 5.51. The lowest BCUT2D eigenvalue weighted by Crippen LogP contribution is -1.99. The summed E-state index contributed by atoms with van der Waals surface area (Å²) in [7, 11) is 1.62. The monoisotopic (exact) mass is 334 g/mol. The third-order valence-electron chi connectivity index (χ3n) is 3.15. The molecule has 0 heterocycles. The molecule has 20 heavy (non-hydrogen) atoms. The SMILES string of the molecule is COc1cc(C)cc(C)c1-c1ccc(Br)c(C(=O)O)c1. The minimum absolute atomic E-state index is 0.240. The Bertz CT molecular complexity index is 678. The number of methoxy groups -OCH3 is 1. The van der Waals surface area contributed by atoms with Crippen LogP contribution in [0.3, 0.4) is 0 Å². The Morgan fingerprint density at radius 2 is 1.90 bits per heavy atom. The summed E-state index contributed by atoms with van der Waals surface area (Å²) in [5.41, 5.74) is 4.16. The van der Waals surface area contributed by atoms with Crippen molar-refractivity contribution >= 4 is 21.9 Å². The first-order valence-corrected chi connectivity index (χ1v) is 6.91. The van der Waals surface area contributed by atoms with Crippen LogP contribution in [0.1, 0.15) is 21.5 Å². The number of rotatable bonds is 3. The minimum atomic E-state index is -0.956. The quantitative estimate of drug-likeness (QED) is 0.902. The second-order valence-electron chi connectivity index (χ2n) is 4.66. The number of carboxylic acids is 1. The largest absolute Gasteiger partial charge is 0.496 e. The van der Waals surface area contributed by atoms with E-state index in [-0.39, 0.29) is 5.56 Å². The van der Waals surface area contributed by atoms with Crippen LogP contribution in [0.15, 0.2) is 34.8 Å². The Morgan fingerprint density at radius 3 is 2.50 bits per heavy atom. The summed E-state index contributed by atoms with van der Waals surface area (Å²) in [6, 6.07) is 9.30. The molecule has 0 bridgehead atoms. The highest BCUT2D eigenvalue weighted by atomic mass is 79.9. The third-order valence-corrected chi connectivity index (χ3v) is 3.84. The molecule has 2 aromatic rings. The van der Waals surface area contributed by atoms with Gasteiger partial charge in [-0.3, -0.25) is 0 Å². The van der Waals surface area contributed by atoms with Gasteiger partial charge in [-0.25, -0.2) is 4.79 Å². The minimum Gasteiger partial charge on any atom is -0.496 e. The lowest BCUT2D eigenvalue weighted by atomic mass is 9.96. The molecule has 0 saturated carbocycles. The number of ether oxygens (including phenoxy) is 1. The molecule has 0 aliphatic heterocycles. The Balaban J connectivity index is 2.68. The second kappa shape index (κ2) is 5.67. The van der Waals surface area contributed by atoms with Gasteiger partial charge >= 0.3 is 5.97 Å². The van der Waals surface area contributed by atoms with Crippen LogP contribution in [-0.2, 0) is 0 Å². The Kier molecular flexibility index (Phi) is 4.14. The fourth-order valence-electron chi connectivity index (χ4n) is 2.30. The summed E-state index contributed by atoms with van der Waals surface area (Å²) < 4.78 is 6.00. The molecule has 0 radical (unpaired) electrons. The van der Waals surface area contributed by atoms with Crippen molar-refractivity contribution < 1.29 is 14.6 Å².